The Morgan fingerprint density at radius 1 is 1.41 bits per heavy atom. The molecular formula is C10H10BrF3O2S. The molecule has 1 aromatic rings. The van der Waals surface area contributed by atoms with Gasteiger partial charge in [0.2, 0.25) is 0 Å². The maximum atomic E-state index is 12.8. The summed E-state index contributed by atoms with van der Waals surface area (Å²) >= 11 is 4.34. The Hall–Kier alpha value is -0.240. The molecule has 1 aromatic carbocycles. The highest BCUT2D eigenvalue weighted by atomic mass is 79.9. The van der Waals surface area contributed by atoms with Gasteiger partial charge in [0.05, 0.1) is 5.56 Å². The van der Waals surface area contributed by atoms with Gasteiger partial charge in [-0.05, 0) is 34.3 Å². The molecule has 0 saturated carbocycles. The van der Waals surface area contributed by atoms with Gasteiger partial charge >= 0.3 is 6.18 Å². The van der Waals surface area contributed by atoms with E-state index in [1.807, 2.05) is 0 Å². The first-order valence-electron chi connectivity index (χ1n) is 4.46. The number of rotatable bonds is 3. The van der Waals surface area contributed by atoms with Gasteiger partial charge in [0, 0.05) is 22.0 Å². The summed E-state index contributed by atoms with van der Waals surface area (Å²) in [5.74, 6) is 0. The fourth-order valence-corrected chi connectivity index (χ4v) is 2.64. The lowest BCUT2D eigenvalue weighted by Gasteiger charge is -2.18. The Kier molecular flexibility index (Phi) is 4.88. The molecule has 0 heterocycles. The van der Waals surface area contributed by atoms with E-state index in [9.17, 15) is 18.3 Å². The van der Waals surface area contributed by atoms with Crippen molar-refractivity contribution in [1.82, 2.24) is 0 Å². The second-order valence-corrected chi connectivity index (χ2v) is 4.86. The number of aliphatic hydroxyl groups excluding tert-OH is 1. The van der Waals surface area contributed by atoms with Gasteiger partial charge in [0.25, 0.3) is 0 Å². The number of alkyl halides is 3. The van der Waals surface area contributed by atoms with E-state index in [0.29, 0.717) is 9.37 Å². The monoisotopic (exact) mass is 330 g/mol. The van der Waals surface area contributed by atoms with E-state index in [0.717, 1.165) is 13.2 Å². The van der Waals surface area contributed by atoms with Crippen LogP contribution in [-0.2, 0) is 10.9 Å². The minimum Gasteiger partial charge on any atom is -0.364 e. The first-order chi connectivity index (χ1) is 7.81. The van der Waals surface area contributed by atoms with E-state index in [4.69, 9.17) is 0 Å². The minimum absolute atomic E-state index is 0.301. The molecule has 1 rings (SSSR count). The molecule has 17 heavy (non-hydrogen) atoms. The third kappa shape index (κ3) is 3.37. The van der Waals surface area contributed by atoms with Crippen LogP contribution in [0.15, 0.2) is 21.5 Å². The number of hydrogen-bond acceptors (Lipinski definition) is 3. The quantitative estimate of drug-likeness (QED) is 0.674. The SMILES string of the molecule is COC(O)c1cc(Br)c(SC)cc1C(F)(F)F. The summed E-state index contributed by atoms with van der Waals surface area (Å²) in [6.45, 7) is 0. The average Bonchev–Trinajstić information content (AvgIpc) is 2.26. The third-order valence-corrected chi connectivity index (χ3v) is 3.81. The summed E-state index contributed by atoms with van der Waals surface area (Å²) < 4.78 is 43.4. The molecule has 2 nitrogen and oxygen atoms in total. The molecule has 0 aromatic heterocycles. The van der Waals surface area contributed by atoms with Crippen molar-refractivity contribution in [1.29, 1.82) is 0 Å². The van der Waals surface area contributed by atoms with E-state index >= 15 is 0 Å². The highest BCUT2D eigenvalue weighted by molar-refractivity contribution is 9.10. The summed E-state index contributed by atoms with van der Waals surface area (Å²) in [6.07, 6.45) is -4.45. The van der Waals surface area contributed by atoms with Crippen molar-refractivity contribution in [3.05, 3.63) is 27.7 Å². The van der Waals surface area contributed by atoms with Crippen LogP contribution in [-0.4, -0.2) is 18.5 Å². The smallest absolute Gasteiger partial charge is 0.364 e. The number of thioether (sulfide) groups is 1. The van der Waals surface area contributed by atoms with Gasteiger partial charge in [-0.25, -0.2) is 0 Å². The van der Waals surface area contributed by atoms with E-state index < -0.39 is 18.0 Å². The van der Waals surface area contributed by atoms with E-state index in [-0.39, 0.29) is 5.56 Å². The summed E-state index contributed by atoms with van der Waals surface area (Å²) in [4.78, 5) is 0.448. The molecule has 0 aliphatic heterocycles. The lowest BCUT2D eigenvalue weighted by Crippen LogP contribution is -2.13. The van der Waals surface area contributed by atoms with Crippen LogP contribution >= 0.6 is 27.7 Å². The highest BCUT2D eigenvalue weighted by Crippen LogP contribution is 2.40. The molecule has 0 saturated heterocycles. The van der Waals surface area contributed by atoms with E-state index in [2.05, 4.69) is 20.7 Å². The molecule has 1 unspecified atom stereocenters. The Bertz CT molecular complexity index is 409. The average molecular weight is 331 g/mol. The summed E-state index contributed by atoms with van der Waals surface area (Å²) in [5, 5.41) is 9.41. The van der Waals surface area contributed by atoms with Crippen molar-refractivity contribution < 1.29 is 23.0 Å². The fourth-order valence-electron chi connectivity index (χ4n) is 1.30. The van der Waals surface area contributed by atoms with Crippen LogP contribution in [0.1, 0.15) is 17.4 Å². The van der Waals surface area contributed by atoms with Crippen molar-refractivity contribution in [3.8, 4) is 0 Å². The third-order valence-electron chi connectivity index (χ3n) is 2.12. The Balaban J connectivity index is 3.42. The molecule has 1 N–H and O–H groups in total. The molecule has 0 aliphatic carbocycles. The van der Waals surface area contributed by atoms with Crippen molar-refractivity contribution in [3.63, 3.8) is 0 Å². The molecule has 0 aliphatic rings. The zero-order valence-corrected chi connectivity index (χ0v) is 11.4. The standard InChI is InChI=1S/C10H10BrF3O2S/c1-16-9(15)5-3-7(11)8(17-2)4-6(5)10(12,13)14/h3-4,9,15H,1-2H3. The van der Waals surface area contributed by atoms with Crippen LogP contribution in [0.25, 0.3) is 0 Å². The number of methoxy groups -OCH3 is 1. The normalized spacial score (nSPS) is 13.8. The number of halogens is 4. The Morgan fingerprint density at radius 3 is 2.41 bits per heavy atom. The molecule has 0 fully saturated rings. The predicted octanol–water partition coefficient (Wildman–Crippen LogP) is 3.83. The van der Waals surface area contributed by atoms with Crippen LogP contribution in [0.5, 0.6) is 0 Å². The number of benzene rings is 1. The minimum atomic E-state index is -4.53. The van der Waals surface area contributed by atoms with E-state index in [1.54, 1.807) is 6.26 Å². The van der Waals surface area contributed by atoms with Gasteiger partial charge in [-0.1, -0.05) is 0 Å². The van der Waals surface area contributed by atoms with Crippen LogP contribution in [0.4, 0.5) is 13.2 Å². The van der Waals surface area contributed by atoms with Crippen molar-refractivity contribution in [2.45, 2.75) is 17.4 Å². The van der Waals surface area contributed by atoms with Crippen LogP contribution in [0.3, 0.4) is 0 Å². The Labute approximate surface area is 109 Å². The number of ether oxygens (including phenoxy) is 1. The van der Waals surface area contributed by atoms with Crippen molar-refractivity contribution >= 4 is 27.7 Å². The summed E-state index contributed by atoms with van der Waals surface area (Å²) in [6, 6.07) is 2.22. The topological polar surface area (TPSA) is 29.5 Å². The van der Waals surface area contributed by atoms with Crippen molar-refractivity contribution in [2.75, 3.05) is 13.4 Å². The molecule has 1 atom stereocenters. The molecule has 96 valence electrons. The second-order valence-electron chi connectivity index (χ2n) is 3.16. The van der Waals surface area contributed by atoms with Gasteiger partial charge in [0.15, 0.2) is 6.29 Å². The van der Waals surface area contributed by atoms with E-state index in [1.165, 1.54) is 17.8 Å². The van der Waals surface area contributed by atoms with Gasteiger partial charge < -0.3 is 9.84 Å². The molecular weight excluding hydrogens is 321 g/mol. The maximum Gasteiger partial charge on any atom is 0.416 e. The van der Waals surface area contributed by atoms with Gasteiger partial charge in [-0.2, -0.15) is 13.2 Å². The number of aliphatic hydroxyl groups is 1. The largest absolute Gasteiger partial charge is 0.416 e. The first-order valence-corrected chi connectivity index (χ1v) is 6.48. The molecule has 0 amide bonds. The summed E-state index contributed by atoms with van der Waals surface area (Å²) in [7, 11) is 1.14. The first kappa shape index (κ1) is 14.8. The lowest BCUT2D eigenvalue weighted by atomic mass is 10.1. The Morgan fingerprint density at radius 2 is 2.00 bits per heavy atom. The van der Waals surface area contributed by atoms with Crippen LogP contribution < -0.4 is 0 Å². The zero-order valence-electron chi connectivity index (χ0n) is 9.01. The zero-order chi connectivity index (χ0) is 13.2. The second kappa shape index (κ2) is 5.60. The highest BCUT2D eigenvalue weighted by Gasteiger charge is 2.36. The number of hydrogen-bond donors (Lipinski definition) is 1. The van der Waals surface area contributed by atoms with Crippen LogP contribution in [0.2, 0.25) is 0 Å². The fraction of sp³-hybridized carbons (Fsp3) is 0.400. The summed E-state index contributed by atoms with van der Waals surface area (Å²) in [5.41, 5.74) is -1.19. The maximum absolute atomic E-state index is 12.8. The molecule has 7 heteroatoms. The molecule has 0 spiro atoms. The van der Waals surface area contributed by atoms with Crippen molar-refractivity contribution in [2.24, 2.45) is 0 Å². The molecule has 0 bridgehead atoms. The lowest BCUT2D eigenvalue weighted by molar-refractivity contribution is -0.144. The predicted molar refractivity (Wildman–Crippen MR) is 62.9 cm³/mol. The van der Waals surface area contributed by atoms with Gasteiger partial charge in [-0.3, -0.25) is 0 Å². The van der Waals surface area contributed by atoms with Crippen LogP contribution in [0, 0.1) is 0 Å². The van der Waals surface area contributed by atoms with Gasteiger partial charge in [-0.15, -0.1) is 11.8 Å². The van der Waals surface area contributed by atoms with Gasteiger partial charge in [0.1, 0.15) is 0 Å². The molecule has 0 radical (unpaired) electrons.